The summed E-state index contributed by atoms with van der Waals surface area (Å²) >= 11 is 0. The zero-order valence-electron chi connectivity index (χ0n) is 29.0. The highest BCUT2D eigenvalue weighted by molar-refractivity contribution is 5.83. The van der Waals surface area contributed by atoms with Crippen LogP contribution in [0.15, 0.2) is 189 Å². The standard InChI is InChI=1S/C47H31N7/c1-5-21-48-40(9-1)44-19-17-34(30-52-44)37-25-36(26-38(27-37)35-18-20-45(53-31-35)41-10-2-6-22-49-41)32-13-15-33(16-14-32)39-28-46(42-11-3-7-23-50-42)54-47(29-39)43-12-4-8-24-51-43/h1-31H. The maximum Gasteiger partial charge on any atom is 0.0900 e. The van der Waals surface area contributed by atoms with E-state index in [-0.39, 0.29) is 0 Å². The predicted molar refractivity (Wildman–Crippen MR) is 214 cm³/mol. The molecule has 9 rings (SSSR count). The molecular formula is C47H31N7. The smallest absolute Gasteiger partial charge is 0.0900 e. The summed E-state index contributed by atoms with van der Waals surface area (Å²) in [5, 5.41) is 0. The largest absolute Gasteiger partial charge is 0.255 e. The van der Waals surface area contributed by atoms with Gasteiger partial charge < -0.3 is 0 Å². The van der Waals surface area contributed by atoms with E-state index in [2.05, 4.69) is 86.7 Å². The Morgan fingerprint density at radius 1 is 0.222 bits per heavy atom. The van der Waals surface area contributed by atoms with Gasteiger partial charge in [-0.3, -0.25) is 29.9 Å². The zero-order valence-corrected chi connectivity index (χ0v) is 29.0. The monoisotopic (exact) mass is 693 g/mol. The Balaban J connectivity index is 1.10. The van der Waals surface area contributed by atoms with E-state index in [0.717, 1.165) is 90.1 Å². The SMILES string of the molecule is c1ccc(-c2ccc(-c3cc(-c4ccc(-c5cc(-c6ccccn6)nc(-c6ccccn6)c5)cc4)cc(-c4ccc(-c5ccccn5)nc4)c3)cn2)nc1. The van der Waals surface area contributed by atoms with Crippen molar-refractivity contribution in [3.05, 3.63) is 189 Å². The molecule has 0 unspecified atom stereocenters. The third-order valence-electron chi connectivity index (χ3n) is 9.21. The lowest BCUT2D eigenvalue weighted by atomic mass is 9.93. The quantitative estimate of drug-likeness (QED) is 0.156. The van der Waals surface area contributed by atoms with Gasteiger partial charge in [0, 0.05) is 48.3 Å². The summed E-state index contributed by atoms with van der Waals surface area (Å²) in [6, 6.07) is 51.2. The van der Waals surface area contributed by atoms with Crippen LogP contribution in [0, 0.1) is 0 Å². The summed E-state index contributed by atoms with van der Waals surface area (Å²) in [5.41, 5.74) is 14.9. The average molecular weight is 694 g/mol. The third-order valence-corrected chi connectivity index (χ3v) is 9.21. The van der Waals surface area contributed by atoms with Crippen molar-refractivity contribution in [2.45, 2.75) is 0 Å². The third kappa shape index (κ3) is 6.89. The number of hydrogen-bond acceptors (Lipinski definition) is 7. The van der Waals surface area contributed by atoms with Crippen LogP contribution in [0.5, 0.6) is 0 Å². The number of hydrogen-bond donors (Lipinski definition) is 0. The van der Waals surface area contributed by atoms with Crippen molar-refractivity contribution in [3.8, 4) is 90.1 Å². The fourth-order valence-electron chi connectivity index (χ4n) is 6.43. The molecule has 0 aliphatic carbocycles. The fourth-order valence-corrected chi connectivity index (χ4v) is 6.43. The zero-order chi connectivity index (χ0) is 36.1. The van der Waals surface area contributed by atoms with E-state index in [9.17, 15) is 0 Å². The van der Waals surface area contributed by atoms with Gasteiger partial charge in [0.1, 0.15) is 0 Å². The van der Waals surface area contributed by atoms with Gasteiger partial charge in [0.15, 0.2) is 0 Å². The summed E-state index contributed by atoms with van der Waals surface area (Å²) < 4.78 is 0. The number of pyridine rings is 7. The molecule has 0 radical (unpaired) electrons. The van der Waals surface area contributed by atoms with Gasteiger partial charge in [-0.05, 0) is 124 Å². The first kappa shape index (κ1) is 32.4. The van der Waals surface area contributed by atoms with E-state index in [4.69, 9.17) is 15.0 Å². The average Bonchev–Trinajstić information content (AvgIpc) is 3.27. The van der Waals surface area contributed by atoms with Crippen molar-refractivity contribution < 1.29 is 0 Å². The van der Waals surface area contributed by atoms with Crippen LogP contribution in [-0.4, -0.2) is 34.9 Å². The molecule has 7 aromatic heterocycles. The first-order chi connectivity index (χ1) is 26.7. The molecule has 0 aliphatic rings. The molecule has 54 heavy (non-hydrogen) atoms. The number of aromatic nitrogens is 7. The van der Waals surface area contributed by atoms with Gasteiger partial charge in [-0.1, -0.05) is 60.7 Å². The highest BCUT2D eigenvalue weighted by Gasteiger charge is 2.13. The van der Waals surface area contributed by atoms with E-state index in [1.807, 2.05) is 97.3 Å². The first-order valence-corrected chi connectivity index (χ1v) is 17.6. The van der Waals surface area contributed by atoms with Crippen LogP contribution in [0.3, 0.4) is 0 Å². The lowest BCUT2D eigenvalue weighted by molar-refractivity contribution is 1.22. The summed E-state index contributed by atoms with van der Waals surface area (Å²) in [7, 11) is 0. The second-order valence-electron chi connectivity index (χ2n) is 12.7. The normalized spacial score (nSPS) is 11.0. The molecule has 7 heteroatoms. The predicted octanol–water partition coefficient (Wildman–Crippen LogP) is 10.8. The van der Waals surface area contributed by atoms with Gasteiger partial charge in [-0.25, -0.2) is 4.98 Å². The number of nitrogens with zero attached hydrogens (tertiary/aromatic N) is 7. The molecule has 0 saturated carbocycles. The molecule has 2 aromatic carbocycles. The second kappa shape index (κ2) is 14.6. The van der Waals surface area contributed by atoms with Gasteiger partial charge in [0.25, 0.3) is 0 Å². The van der Waals surface area contributed by atoms with Gasteiger partial charge in [0.05, 0.1) is 45.6 Å². The molecule has 0 saturated heterocycles. The van der Waals surface area contributed by atoms with Crippen molar-refractivity contribution in [2.24, 2.45) is 0 Å². The van der Waals surface area contributed by atoms with E-state index in [1.54, 1.807) is 24.8 Å². The molecule has 0 aliphatic heterocycles. The molecule has 7 nitrogen and oxygen atoms in total. The van der Waals surface area contributed by atoms with Gasteiger partial charge in [-0.2, -0.15) is 0 Å². The minimum absolute atomic E-state index is 0.792. The van der Waals surface area contributed by atoms with Crippen molar-refractivity contribution in [3.63, 3.8) is 0 Å². The minimum Gasteiger partial charge on any atom is -0.255 e. The molecule has 254 valence electrons. The van der Waals surface area contributed by atoms with Crippen molar-refractivity contribution in [2.75, 3.05) is 0 Å². The lowest BCUT2D eigenvalue weighted by Crippen LogP contribution is -1.94. The summed E-state index contributed by atoms with van der Waals surface area (Å²) in [5.74, 6) is 0. The molecule has 0 spiro atoms. The molecular weight excluding hydrogens is 663 g/mol. The van der Waals surface area contributed by atoms with Gasteiger partial charge >= 0.3 is 0 Å². The fraction of sp³-hybridized carbons (Fsp3) is 0. The molecule has 7 heterocycles. The van der Waals surface area contributed by atoms with Crippen LogP contribution in [0.2, 0.25) is 0 Å². The van der Waals surface area contributed by atoms with Crippen LogP contribution < -0.4 is 0 Å². The minimum atomic E-state index is 0.792. The van der Waals surface area contributed by atoms with Gasteiger partial charge in [-0.15, -0.1) is 0 Å². The highest BCUT2D eigenvalue weighted by Crippen LogP contribution is 2.35. The van der Waals surface area contributed by atoms with Crippen molar-refractivity contribution in [1.29, 1.82) is 0 Å². The second-order valence-corrected chi connectivity index (χ2v) is 12.7. The lowest BCUT2D eigenvalue weighted by Gasteiger charge is -2.13. The Bertz CT molecular complexity index is 2490. The Hall–Kier alpha value is -7.51. The molecule has 9 aromatic rings. The van der Waals surface area contributed by atoms with E-state index in [0.29, 0.717) is 0 Å². The summed E-state index contributed by atoms with van der Waals surface area (Å²) in [4.78, 5) is 32.6. The maximum atomic E-state index is 4.94. The van der Waals surface area contributed by atoms with Crippen molar-refractivity contribution >= 4 is 0 Å². The Morgan fingerprint density at radius 3 is 0.870 bits per heavy atom. The van der Waals surface area contributed by atoms with Crippen LogP contribution in [-0.2, 0) is 0 Å². The van der Waals surface area contributed by atoms with E-state index < -0.39 is 0 Å². The van der Waals surface area contributed by atoms with Crippen LogP contribution >= 0.6 is 0 Å². The van der Waals surface area contributed by atoms with E-state index in [1.165, 1.54) is 0 Å². The van der Waals surface area contributed by atoms with Crippen LogP contribution in [0.25, 0.3) is 90.1 Å². The van der Waals surface area contributed by atoms with Crippen LogP contribution in [0.4, 0.5) is 0 Å². The summed E-state index contributed by atoms with van der Waals surface area (Å²) in [6.07, 6.45) is 11.0. The maximum absolute atomic E-state index is 4.94. The Morgan fingerprint density at radius 2 is 0.537 bits per heavy atom. The topological polar surface area (TPSA) is 90.2 Å². The van der Waals surface area contributed by atoms with Crippen LogP contribution in [0.1, 0.15) is 0 Å². The Labute approximate surface area is 312 Å². The number of benzene rings is 2. The molecule has 0 N–H and O–H groups in total. The molecule has 0 atom stereocenters. The molecule has 0 amide bonds. The molecule has 0 fully saturated rings. The molecule has 0 bridgehead atoms. The highest BCUT2D eigenvalue weighted by atomic mass is 14.8. The van der Waals surface area contributed by atoms with Gasteiger partial charge in [0.2, 0.25) is 0 Å². The number of rotatable bonds is 8. The first-order valence-electron chi connectivity index (χ1n) is 17.6. The van der Waals surface area contributed by atoms with E-state index >= 15 is 0 Å². The summed E-state index contributed by atoms with van der Waals surface area (Å²) in [6.45, 7) is 0. The Kier molecular flexibility index (Phi) is 8.77. The van der Waals surface area contributed by atoms with Crippen molar-refractivity contribution in [1.82, 2.24) is 34.9 Å².